The molecule has 4 atom stereocenters. The average molecular weight is 1170 g/mol. The van der Waals surface area contributed by atoms with Gasteiger partial charge in [-0.05, 0) is 110 Å². The van der Waals surface area contributed by atoms with Gasteiger partial charge in [0.15, 0.2) is 11.6 Å². The first-order valence-electron chi connectivity index (χ1n) is 29.9. The van der Waals surface area contributed by atoms with Gasteiger partial charge in [-0.15, -0.1) is 0 Å². The van der Waals surface area contributed by atoms with E-state index in [0.29, 0.717) is 48.3 Å². The summed E-state index contributed by atoms with van der Waals surface area (Å²) in [5.41, 5.74) is 5.31. The van der Waals surface area contributed by atoms with E-state index in [2.05, 4.69) is 48.5 Å². The van der Waals surface area contributed by atoms with Crippen molar-refractivity contribution in [2.24, 2.45) is 0 Å². The number of ether oxygens (including phenoxy) is 2. The molecule has 0 aliphatic carbocycles. The van der Waals surface area contributed by atoms with Gasteiger partial charge in [0.1, 0.15) is 92.3 Å². The Balaban J connectivity index is 0.000000205. The van der Waals surface area contributed by atoms with E-state index in [9.17, 15) is 60.7 Å². The minimum Gasteiger partial charge on any atom is -0.508 e. The number of carbonyl (C=O) groups excluding carboxylic acids is 2. The van der Waals surface area contributed by atoms with E-state index in [-0.39, 0.29) is 81.2 Å². The smallest absolute Gasteiger partial charge is 0.170 e. The summed E-state index contributed by atoms with van der Waals surface area (Å²) in [4.78, 5) is 26.5. The van der Waals surface area contributed by atoms with Crippen LogP contribution in [0.5, 0.6) is 69.0 Å². The van der Waals surface area contributed by atoms with Crippen LogP contribution in [0.25, 0.3) is 0 Å². The molecule has 8 aromatic rings. The van der Waals surface area contributed by atoms with Crippen LogP contribution in [-0.2, 0) is 12.8 Å². The standard InChI is InChI=1S/2C36H38O7/c2*37-25-16-14-24(15-17-25)32-21-28(27-19-18-26(38)20-33(27)43-32)34-30(40)22-31(41)35(36(34)42)29(39)13-9-4-2-1-3-6-10-23-11-7-5-8-12-23/h2*5,7-8,11-12,14-20,22,28,32,37-38,40-42H,1-4,6,9-10,13,21H2/t2*28-,32-/m11/s1. The van der Waals surface area contributed by atoms with Crippen LogP contribution in [0.2, 0.25) is 0 Å². The molecule has 14 heteroatoms. The van der Waals surface area contributed by atoms with Gasteiger partial charge in [0.05, 0.1) is 0 Å². The molecule has 10 N–H and O–H groups in total. The van der Waals surface area contributed by atoms with Crippen LogP contribution in [0.1, 0.15) is 192 Å². The van der Waals surface area contributed by atoms with Gasteiger partial charge in [0.25, 0.3) is 0 Å². The van der Waals surface area contributed by atoms with Crippen LogP contribution in [0.4, 0.5) is 0 Å². The first-order chi connectivity index (χ1) is 41.6. The maximum atomic E-state index is 13.2. The zero-order valence-electron chi connectivity index (χ0n) is 48.2. The molecule has 2 heterocycles. The number of ketones is 2. The lowest BCUT2D eigenvalue weighted by atomic mass is 9.80. The molecule has 0 saturated carbocycles. The number of hydrogen-bond donors (Lipinski definition) is 10. The molecule has 0 bridgehead atoms. The third kappa shape index (κ3) is 15.3. The van der Waals surface area contributed by atoms with Crippen LogP contribution in [0.3, 0.4) is 0 Å². The highest BCUT2D eigenvalue weighted by Crippen LogP contribution is 2.55. The zero-order chi connectivity index (χ0) is 60.7. The van der Waals surface area contributed by atoms with Crippen LogP contribution < -0.4 is 9.47 Å². The zero-order valence-corrected chi connectivity index (χ0v) is 48.2. The fourth-order valence-electron chi connectivity index (χ4n) is 12.0. The summed E-state index contributed by atoms with van der Waals surface area (Å²) in [5, 5.41) is 106. The third-order valence-corrected chi connectivity index (χ3v) is 16.5. The molecule has 8 aromatic carbocycles. The van der Waals surface area contributed by atoms with Gasteiger partial charge in [-0.3, -0.25) is 9.59 Å². The SMILES string of the molecule is O=C(CCCCCCCCc1ccccc1)c1c(O)cc(O)c([C@@H]2C[C@H](c3ccc(O)cc3)Oc3cc(O)ccc32)c1O.O=C(CCCCCCCCc1ccccc1)c1c(O)cc(O)c([C@@H]2C[C@H](c3ccc(O)cc3)Oc3cc(O)ccc32)c1O. The van der Waals surface area contributed by atoms with Crippen LogP contribution in [0.15, 0.2) is 158 Å². The molecule has 2 aliphatic rings. The summed E-state index contributed by atoms with van der Waals surface area (Å²) in [6.45, 7) is 0. The van der Waals surface area contributed by atoms with Gasteiger partial charge in [0, 0.05) is 71.2 Å². The van der Waals surface area contributed by atoms with Crippen molar-refractivity contribution in [3.05, 3.63) is 213 Å². The fourth-order valence-corrected chi connectivity index (χ4v) is 12.0. The molecule has 14 nitrogen and oxygen atoms in total. The molecule has 448 valence electrons. The first-order valence-corrected chi connectivity index (χ1v) is 29.9. The average Bonchev–Trinajstić information content (AvgIpc) is 1.32. The van der Waals surface area contributed by atoms with Gasteiger partial charge in [-0.25, -0.2) is 0 Å². The lowest BCUT2D eigenvalue weighted by Gasteiger charge is -2.33. The Morgan fingerprint density at radius 1 is 0.360 bits per heavy atom. The Morgan fingerprint density at radius 3 is 1.07 bits per heavy atom. The van der Waals surface area contributed by atoms with Gasteiger partial charge in [-0.2, -0.15) is 0 Å². The van der Waals surface area contributed by atoms with Crippen molar-refractivity contribution >= 4 is 11.6 Å². The number of hydrogen-bond acceptors (Lipinski definition) is 14. The minimum absolute atomic E-state index is 0.00457. The van der Waals surface area contributed by atoms with E-state index in [1.165, 1.54) is 35.4 Å². The number of rotatable bonds is 24. The molecule has 10 rings (SSSR count). The molecule has 0 spiro atoms. The Kier molecular flexibility index (Phi) is 20.7. The third-order valence-electron chi connectivity index (χ3n) is 16.5. The number of carbonyl (C=O) groups is 2. The number of phenols is 10. The summed E-state index contributed by atoms with van der Waals surface area (Å²) < 4.78 is 12.3. The van der Waals surface area contributed by atoms with Gasteiger partial charge in [-0.1, -0.05) is 148 Å². The Bertz CT molecular complexity index is 3330. The maximum absolute atomic E-state index is 13.2. The van der Waals surface area contributed by atoms with Gasteiger partial charge >= 0.3 is 0 Å². The second-order valence-corrected chi connectivity index (χ2v) is 22.6. The van der Waals surface area contributed by atoms with Crippen LogP contribution in [0, 0.1) is 0 Å². The topological polar surface area (TPSA) is 255 Å². The maximum Gasteiger partial charge on any atom is 0.170 e. The molecule has 0 saturated heterocycles. The van der Waals surface area contributed by atoms with Crippen molar-refractivity contribution in [3.63, 3.8) is 0 Å². The summed E-state index contributed by atoms with van der Waals surface area (Å²) in [7, 11) is 0. The molecule has 0 radical (unpaired) electrons. The first kappa shape index (κ1) is 61.3. The lowest BCUT2D eigenvalue weighted by molar-refractivity contribution is 0.0964. The second-order valence-electron chi connectivity index (χ2n) is 22.6. The van der Waals surface area contributed by atoms with Crippen LogP contribution >= 0.6 is 0 Å². The van der Waals surface area contributed by atoms with Gasteiger partial charge < -0.3 is 60.5 Å². The van der Waals surface area contributed by atoms with E-state index < -0.39 is 47.0 Å². The predicted octanol–water partition coefficient (Wildman–Crippen LogP) is 16.1. The Labute approximate surface area is 501 Å². The van der Waals surface area contributed by atoms with Crippen molar-refractivity contribution in [2.75, 3.05) is 0 Å². The highest BCUT2D eigenvalue weighted by atomic mass is 16.5. The van der Waals surface area contributed by atoms with Crippen molar-refractivity contribution in [2.45, 2.75) is 140 Å². The summed E-state index contributed by atoms with van der Waals surface area (Å²) in [5.74, 6) is -3.51. The number of unbranched alkanes of at least 4 members (excludes halogenated alkanes) is 10. The fraction of sp³-hybridized carbons (Fsp3) is 0.306. The van der Waals surface area contributed by atoms with E-state index in [0.717, 1.165) is 100 Å². The minimum atomic E-state index is -0.605. The van der Waals surface area contributed by atoms with Crippen molar-refractivity contribution in [1.29, 1.82) is 0 Å². The summed E-state index contributed by atoms with van der Waals surface area (Å²) in [6, 6.07) is 45.4. The predicted molar refractivity (Wildman–Crippen MR) is 329 cm³/mol. The van der Waals surface area contributed by atoms with E-state index in [1.54, 1.807) is 60.7 Å². The van der Waals surface area contributed by atoms with Crippen molar-refractivity contribution in [1.82, 2.24) is 0 Å². The quantitative estimate of drug-likeness (QED) is 0.0200. The molecule has 2 aliphatic heterocycles. The van der Waals surface area contributed by atoms with E-state index in [1.807, 2.05) is 12.1 Å². The van der Waals surface area contributed by atoms with Gasteiger partial charge in [0.2, 0.25) is 0 Å². The van der Waals surface area contributed by atoms with Crippen LogP contribution in [-0.4, -0.2) is 62.6 Å². The molecule has 0 aromatic heterocycles. The molecular weight excluding hydrogens is 1090 g/mol. The number of aromatic hydroxyl groups is 10. The molecule has 0 amide bonds. The van der Waals surface area contributed by atoms with Crippen molar-refractivity contribution < 1.29 is 70.1 Å². The molecule has 0 fully saturated rings. The Morgan fingerprint density at radius 2 is 0.698 bits per heavy atom. The highest BCUT2D eigenvalue weighted by Gasteiger charge is 2.38. The monoisotopic (exact) mass is 1160 g/mol. The lowest BCUT2D eigenvalue weighted by Crippen LogP contribution is -2.20. The summed E-state index contributed by atoms with van der Waals surface area (Å²) in [6.07, 6.45) is 13.7. The largest absolute Gasteiger partial charge is 0.508 e. The summed E-state index contributed by atoms with van der Waals surface area (Å²) >= 11 is 0. The number of phenolic OH excluding ortho intramolecular Hbond substituents is 10. The van der Waals surface area contributed by atoms with E-state index >= 15 is 0 Å². The Hall–Kier alpha value is -9.30. The number of fused-ring (bicyclic) bond motifs is 2. The molecule has 86 heavy (non-hydrogen) atoms. The number of benzene rings is 8. The molecule has 0 unspecified atom stereocenters. The second kappa shape index (κ2) is 29.0. The molecular formula is C72H76O14. The highest BCUT2D eigenvalue weighted by molar-refractivity contribution is 6.02. The van der Waals surface area contributed by atoms with Crippen molar-refractivity contribution in [3.8, 4) is 69.0 Å². The number of Topliss-reactive ketones (excluding diaryl/α,β-unsaturated/α-hetero) is 2. The normalized spacial score (nSPS) is 15.9. The number of aryl methyl sites for hydroxylation is 2. The van der Waals surface area contributed by atoms with E-state index in [4.69, 9.17) is 9.47 Å².